The molecule has 0 saturated heterocycles. The molecule has 0 fully saturated rings. The van der Waals surface area contributed by atoms with E-state index in [9.17, 15) is 17.6 Å². The molecule has 0 aromatic heterocycles. The first-order valence-electron chi connectivity index (χ1n) is 8.23. The van der Waals surface area contributed by atoms with Gasteiger partial charge in [-0.1, -0.05) is 24.3 Å². The zero-order valence-electron chi connectivity index (χ0n) is 15.1. The average molecular weight is 378 g/mol. The van der Waals surface area contributed by atoms with Crippen molar-refractivity contribution in [1.29, 1.82) is 0 Å². The SMILES string of the molecule is Cc1cccc(N(CCNC(=O)Cc2ccc(F)cc2)S(C)(=O)=O)c1C. The minimum absolute atomic E-state index is 0.114. The zero-order chi connectivity index (χ0) is 19.3. The second-order valence-corrected chi connectivity index (χ2v) is 8.11. The van der Waals surface area contributed by atoms with Gasteiger partial charge in [-0.2, -0.15) is 0 Å². The molecule has 2 aromatic carbocycles. The van der Waals surface area contributed by atoms with E-state index in [1.165, 1.54) is 16.4 Å². The maximum absolute atomic E-state index is 12.9. The molecule has 0 atom stereocenters. The molecule has 0 bridgehead atoms. The van der Waals surface area contributed by atoms with Crippen LogP contribution in [0.4, 0.5) is 10.1 Å². The third-order valence-corrected chi connectivity index (χ3v) is 5.34. The highest BCUT2D eigenvalue weighted by atomic mass is 32.2. The Kier molecular flexibility index (Phi) is 6.37. The van der Waals surface area contributed by atoms with Crippen molar-refractivity contribution in [2.45, 2.75) is 20.3 Å². The molecule has 0 unspecified atom stereocenters. The van der Waals surface area contributed by atoms with E-state index in [2.05, 4.69) is 5.32 Å². The van der Waals surface area contributed by atoms with E-state index < -0.39 is 10.0 Å². The molecule has 0 heterocycles. The summed E-state index contributed by atoms with van der Waals surface area (Å²) in [5.74, 6) is -0.600. The van der Waals surface area contributed by atoms with Crippen molar-refractivity contribution in [2.75, 3.05) is 23.7 Å². The zero-order valence-corrected chi connectivity index (χ0v) is 15.9. The van der Waals surface area contributed by atoms with Crippen molar-refractivity contribution in [3.8, 4) is 0 Å². The number of nitrogens with zero attached hydrogens (tertiary/aromatic N) is 1. The molecule has 0 aliphatic carbocycles. The number of nitrogens with one attached hydrogen (secondary N) is 1. The van der Waals surface area contributed by atoms with Crippen LogP contribution in [0.15, 0.2) is 42.5 Å². The maximum Gasteiger partial charge on any atom is 0.232 e. The number of aryl methyl sites for hydroxylation is 1. The summed E-state index contributed by atoms with van der Waals surface area (Å²) in [7, 11) is -3.48. The number of rotatable bonds is 7. The molecule has 1 amide bonds. The Balaban J connectivity index is 2.01. The molecule has 7 heteroatoms. The molecule has 0 aliphatic heterocycles. The van der Waals surface area contributed by atoms with E-state index in [4.69, 9.17) is 0 Å². The molecule has 0 aliphatic rings. The van der Waals surface area contributed by atoms with Gasteiger partial charge < -0.3 is 5.32 Å². The van der Waals surface area contributed by atoms with Gasteiger partial charge >= 0.3 is 0 Å². The van der Waals surface area contributed by atoms with Gasteiger partial charge in [0.15, 0.2) is 0 Å². The molecular weight excluding hydrogens is 355 g/mol. The monoisotopic (exact) mass is 378 g/mol. The lowest BCUT2D eigenvalue weighted by Crippen LogP contribution is -2.39. The van der Waals surface area contributed by atoms with Crippen LogP contribution in [0.25, 0.3) is 0 Å². The number of halogens is 1. The molecule has 0 spiro atoms. The highest BCUT2D eigenvalue weighted by Crippen LogP contribution is 2.24. The molecule has 2 rings (SSSR count). The van der Waals surface area contributed by atoms with Crippen LogP contribution in [-0.2, 0) is 21.2 Å². The lowest BCUT2D eigenvalue weighted by molar-refractivity contribution is -0.120. The third kappa shape index (κ3) is 5.29. The van der Waals surface area contributed by atoms with Crippen LogP contribution in [0.1, 0.15) is 16.7 Å². The predicted molar refractivity (Wildman–Crippen MR) is 101 cm³/mol. The number of carbonyl (C=O) groups excluding carboxylic acids is 1. The van der Waals surface area contributed by atoms with E-state index in [-0.39, 0.29) is 31.2 Å². The smallest absolute Gasteiger partial charge is 0.232 e. The van der Waals surface area contributed by atoms with Crippen LogP contribution in [-0.4, -0.2) is 33.7 Å². The van der Waals surface area contributed by atoms with Gasteiger partial charge in [0.25, 0.3) is 0 Å². The van der Waals surface area contributed by atoms with Crippen molar-refractivity contribution >= 4 is 21.6 Å². The summed E-state index contributed by atoms with van der Waals surface area (Å²) in [6.45, 7) is 4.11. The highest BCUT2D eigenvalue weighted by molar-refractivity contribution is 7.92. The lowest BCUT2D eigenvalue weighted by atomic mass is 10.1. The van der Waals surface area contributed by atoms with E-state index >= 15 is 0 Å². The van der Waals surface area contributed by atoms with Gasteiger partial charge in [-0.05, 0) is 48.7 Å². The minimum atomic E-state index is -3.48. The Hall–Kier alpha value is -2.41. The third-order valence-electron chi connectivity index (χ3n) is 4.16. The molecule has 2 aromatic rings. The fourth-order valence-corrected chi connectivity index (χ4v) is 3.60. The summed E-state index contributed by atoms with van der Waals surface area (Å²) in [5, 5.41) is 2.71. The Bertz CT molecular complexity index is 880. The van der Waals surface area contributed by atoms with Crippen molar-refractivity contribution in [2.24, 2.45) is 0 Å². The number of hydrogen-bond acceptors (Lipinski definition) is 3. The Morgan fingerprint density at radius 3 is 2.38 bits per heavy atom. The topological polar surface area (TPSA) is 66.5 Å². The molecule has 0 radical (unpaired) electrons. The number of hydrogen-bond donors (Lipinski definition) is 1. The normalized spacial score (nSPS) is 11.2. The molecular formula is C19H23FN2O3S. The second kappa shape index (κ2) is 8.31. The van der Waals surface area contributed by atoms with Crippen molar-refractivity contribution in [3.63, 3.8) is 0 Å². The highest BCUT2D eigenvalue weighted by Gasteiger charge is 2.19. The lowest BCUT2D eigenvalue weighted by Gasteiger charge is -2.25. The summed E-state index contributed by atoms with van der Waals surface area (Å²) in [6, 6.07) is 11.2. The van der Waals surface area contributed by atoms with Crippen LogP contribution < -0.4 is 9.62 Å². The van der Waals surface area contributed by atoms with E-state index in [0.29, 0.717) is 11.3 Å². The number of benzene rings is 2. The van der Waals surface area contributed by atoms with E-state index in [1.54, 1.807) is 18.2 Å². The van der Waals surface area contributed by atoms with Gasteiger partial charge in [-0.3, -0.25) is 9.10 Å². The number of anilines is 1. The minimum Gasteiger partial charge on any atom is -0.354 e. The fourth-order valence-electron chi connectivity index (χ4n) is 2.62. The summed E-state index contributed by atoms with van der Waals surface area (Å²) in [5.41, 5.74) is 3.19. The molecule has 0 saturated carbocycles. The van der Waals surface area contributed by atoms with Gasteiger partial charge in [0, 0.05) is 6.54 Å². The maximum atomic E-state index is 12.9. The number of sulfonamides is 1. The first-order valence-corrected chi connectivity index (χ1v) is 10.1. The van der Waals surface area contributed by atoms with Crippen LogP contribution in [0.3, 0.4) is 0 Å². The number of amides is 1. The van der Waals surface area contributed by atoms with Crippen LogP contribution in [0.2, 0.25) is 0 Å². The van der Waals surface area contributed by atoms with Crippen LogP contribution in [0, 0.1) is 19.7 Å². The van der Waals surface area contributed by atoms with E-state index in [1.807, 2.05) is 26.0 Å². The number of carbonyl (C=O) groups is 1. The first kappa shape index (κ1) is 19.9. The van der Waals surface area contributed by atoms with Gasteiger partial charge in [0.05, 0.1) is 24.9 Å². The van der Waals surface area contributed by atoms with Gasteiger partial charge in [0.1, 0.15) is 5.82 Å². The quantitative estimate of drug-likeness (QED) is 0.805. The van der Waals surface area contributed by atoms with Gasteiger partial charge in [-0.15, -0.1) is 0 Å². The largest absolute Gasteiger partial charge is 0.354 e. The summed E-state index contributed by atoms with van der Waals surface area (Å²) >= 11 is 0. The van der Waals surface area contributed by atoms with E-state index in [0.717, 1.165) is 17.4 Å². The molecule has 1 N–H and O–H groups in total. The molecule has 5 nitrogen and oxygen atoms in total. The first-order chi connectivity index (χ1) is 12.2. The Morgan fingerprint density at radius 1 is 1.12 bits per heavy atom. The van der Waals surface area contributed by atoms with Gasteiger partial charge in [0.2, 0.25) is 15.9 Å². The fraction of sp³-hybridized carbons (Fsp3) is 0.316. The van der Waals surface area contributed by atoms with Crippen molar-refractivity contribution < 1.29 is 17.6 Å². The summed E-state index contributed by atoms with van der Waals surface area (Å²) in [6.07, 6.45) is 1.26. The average Bonchev–Trinajstić information content (AvgIpc) is 2.56. The second-order valence-electron chi connectivity index (χ2n) is 6.21. The molecule has 26 heavy (non-hydrogen) atoms. The van der Waals surface area contributed by atoms with Crippen molar-refractivity contribution in [1.82, 2.24) is 5.32 Å². The standard InChI is InChI=1S/C19H23FN2O3S/c1-14-5-4-6-18(15(14)2)22(26(3,24)25)12-11-21-19(23)13-16-7-9-17(20)10-8-16/h4-10H,11-13H2,1-3H3,(H,21,23). The Labute approximate surface area is 153 Å². The van der Waals surface area contributed by atoms with Crippen LogP contribution in [0.5, 0.6) is 0 Å². The molecule has 140 valence electrons. The van der Waals surface area contributed by atoms with Crippen molar-refractivity contribution in [3.05, 3.63) is 65.0 Å². The summed E-state index contributed by atoms with van der Waals surface area (Å²) < 4.78 is 38.5. The summed E-state index contributed by atoms with van der Waals surface area (Å²) in [4.78, 5) is 12.0. The van der Waals surface area contributed by atoms with Crippen LogP contribution >= 0.6 is 0 Å². The van der Waals surface area contributed by atoms with Gasteiger partial charge in [-0.25, -0.2) is 12.8 Å². The Morgan fingerprint density at radius 2 is 1.77 bits per heavy atom. The predicted octanol–water partition coefficient (Wildman–Crippen LogP) is 2.57.